The molecule has 1 aromatic carbocycles. The predicted molar refractivity (Wildman–Crippen MR) is 124 cm³/mol. The van der Waals surface area contributed by atoms with E-state index in [-0.39, 0.29) is 11.2 Å². The monoisotopic (exact) mass is 469 g/mol. The molecule has 0 fully saturated rings. The molecule has 10 nitrogen and oxygen atoms in total. The SMILES string of the molecule is COc1c(C#Cc2cnc(NS(C)(=O)=O)cn2)cc(-n2ccc(=O)[nH]c2=O)cc1C(C)(C)C. The third-order valence-corrected chi connectivity index (χ3v) is 5.03. The van der Waals surface area contributed by atoms with Crippen molar-refractivity contribution < 1.29 is 13.2 Å². The molecule has 3 aromatic rings. The van der Waals surface area contributed by atoms with Gasteiger partial charge in [0.15, 0.2) is 5.82 Å². The highest BCUT2D eigenvalue weighted by Crippen LogP contribution is 2.35. The highest BCUT2D eigenvalue weighted by molar-refractivity contribution is 7.92. The maximum atomic E-state index is 12.4. The Labute approximate surface area is 190 Å². The van der Waals surface area contributed by atoms with Gasteiger partial charge in [0.1, 0.15) is 11.4 Å². The van der Waals surface area contributed by atoms with Crippen molar-refractivity contribution in [2.45, 2.75) is 26.2 Å². The molecule has 0 amide bonds. The van der Waals surface area contributed by atoms with Crippen LogP contribution in [0.5, 0.6) is 5.75 Å². The molecule has 0 aliphatic carbocycles. The highest BCUT2D eigenvalue weighted by Gasteiger charge is 2.23. The van der Waals surface area contributed by atoms with Crippen LogP contribution in [0.2, 0.25) is 0 Å². The van der Waals surface area contributed by atoms with Crippen molar-refractivity contribution in [3.63, 3.8) is 0 Å². The summed E-state index contributed by atoms with van der Waals surface area (Å²) < 4.78 is 31.8. The Kier molecular flexibility index (Phi) is 6.41. The summed E-state index contributed by atoms with van der Waals surface area (Å²) in [6, 6.07) is 4.75. The van der Waals surface area contributed by atoms with Gasteiger partial charge in [0.2, 0.25) is 10.0 Å². The molecule has 2 N–H and O–H groups in total. The van der Waals surface area contributed by atoms with Gasteiger partial charge in [0.05, 0.1) is 37.0 Å². The molecule has 0 radical (unpaired) electrons. The van der Waals surface area contributed by atoms with E-state index in [1.807, 2.05) is 26.8 Å². The first kappa shape index (κ1) is 23.7. The van der Waals surface area contributed by atoms with Crippen LogP contribution in [0, 0.1) is 11.8 Å². The van der Waals surface area contributed by atoms with Gasteiger partial charge in [-0.25, -0.2) is 23.2 Å². The number of ether oxygens (including phenoxy) is 1. The molecular weight excluding hydrogens is 446 g/mol. The third-order valence-electron chi connectivity index (χ3n) is 4.45. The van der Waals surface area contributed by atoms with Crippen LogP contribution >= 0.6 is 0 Å². The number of nitrogens with zero attached hydrogens (tertiary/aromatic N) is 3. The van der Waals surface area contributed by atoms with Crippen molar-refractivity contribution in [1.82, 2.24) is 19.5 Å². The van der Waals surface area contributed by atoms with E-state index in [1.165, 1.54) is 36.3 Å². The number of aromatic nitrogens is 4. The summed E-state index contributed by atoms with van der Waals surface area (Å²) in [6.07, 6.45) is 5.01. The number of anilines is 1. The normalized spacial score (nSPS) is 11.4. The van der Waals surface area contributed by atoms with Crippen LogP contribution in [-0.2, 0) is 15.4 Å². The number of hydrogen-bond acceptors (Lipinski definition) is 7. The lowest BCUT2D eigenvalue weighted by Crippen LogP contribution is -2.28. The molecule has 3 rings (SSSR count). The van der Waals surface area contributed by atoms with Crippen molar-refractivity contribution >= 4 is 15.8 Å². The first-order chi connectivity index (χ1) is 15.4. The fourth-order valence-corrected chi connectivity index (χ4v) is 3.50. The van der Waals surface area contributed by atoms with E-state index in [9.17, 15) is 18.0 Å². The second-order valence-corrected chi connectivity index (χ2v) is 9.96. The van der Waals surface area contributed by atoms with Crippen molar-refractivity contribution in [3.05, 3.63) is 74.4 Å². The van der Waals surface area contributed by atoms with Crippen LogP contribution in [-0.4, -0.2) is 41.3 Å². The van der Waals surface area contributed by atoms with Gasteiger partial charge in [-0.1, -0.05) is 26.7 Å². The Morgan fingerprint density at radius 1 is 1.12 bits per heavy atom. The van der Waals surface area contributed by atoms with E-state index in [0.29, 0.717) is 22.7 Å². The molecule has 0 aliphatic rings. The molecule has 2 heterocycles. The van der Waals surface area contributed by atoms with E-state index in [1.54, 1.807) is 6.07 Å². The van der Waals surface area contributed by atoms with E-state index < -0.39 is 21.3 Å². The quantitative estimate of drug-likeness (QED) is 0.551. The summed E-state index contributed by atoms with van der Waals surface area (Å²) in [4.78, 5) is 34.2. The number of sulfonamides is 1. The first-order valence-electron chi connectivity index (χ1n) is 9.74. The molecule has 0 spiro atoms. The minimum Gasteiger partial charge on any atom is -0.495 e. The van der Waals surface area contributed by atoms with E-state index in [0.717, 1.165) is 11.8 Å². The van der Waals surface area contributed by atoms with Gasteiger partial charge in [0.25, 0.3) is 5.56 Å². The molecule has 172 valence electrons. The standard InChI is InChI=1S/C22H23N5O5S/c1-22(2,3)17-11-16(27-9-8-19(28)25-21(27)29)10-14(20(17)32-4)6-7-15-12-24-18(13-23-15)26-33(5,30)31/h8-13H,1-5H3,(H,24,26)(H,25,28,29). The molecule has 33 heavy (non-hydrogen) atoms. The maximum absolute atomic E-state index is 12.4. The summed E-state index contributed by atoms with van der Waals surface area (Å²) in [5.74, 6) is 6.50. The maximum Gasteiger partial charge on any atom is 0.332 e. The van der Waals surface area contributed by atoms with Gasteiger partial charge in [0, 0.05) is 17.8 Å². The summed E-state index contributed by atoms with van der Waals surface area (Å²) in [6.45, 7) is 6.00. The lowest BCUT2D eigenvalue weighted by Gasteiger charge is -2.24. The van der Waals surface area contributed by atoms with Gasteiger partial charge in [-0.2, -0.15) is 0 Å². The zero-order valence-electron chi connectivity index (χ0n) is 18.8. The number of H-pyrrole nitrogens is 1. The van der Waals surface area contributed by atoms with Gasteiger partial charge in [-0.3, -0.25) is 19.1 Å². The molecule has 0 unspecified atom stereocenters. The van der Waals surface area contributed by atoms with Crippen LogP contribution < -0.4 is 20.7 Å². The number of aromatic amines is 1. The average Bonchev–Trinajstić information content (AvgIpc) is 2.71. The molecule has 0 bridgehead atoms. The Hall–Kier alpha value is -3.91. The van der Waals surface area contributed by atoms with E-state index >= 15 is 0 Å². The average molecular weight is 470 g/mol. The molecule has 0 saturated carbocycles. The first-order valence-corrected chi connectivity index (χ1v) is 11.6. The Balaban J connectivity index is 2.13. The number of benzene rings is 1. The number of hydrogen-bond donors (Lipinski definition) is 2. The van der Waals surface area contributed by atoms with Gasteiger partial charge in [-0.05, 0) is 23.5 Å². The Morgan fingerprint density at radius 3 is 2.39 bits per heavy atom. The summed E-state index contributed by atoms with van der Waals surface area (Å²) in [5.41, 5.74) is 0.703. The van der Waals surface area contributed by atoms with Crippen LogP contribution in [0.1, 0.15) is 37.6 Å². The molecule has 0 aliphatic heterocycles. The van der Waals surface area contributed by atoms with Crippen LogP contribution in [0.3, 0.4) is 0 Å². The molecule has 0 atom stereocenters. The zero-order chi connectivity index (χ0) is 24.4. The van der Waals surface area contributed by atoms with Gasteiger partial charge >= 0.3 is 5.69 Å². The molecule has 2 aromatic heterocycles. The smallest absolute Gasteiger partial charge is 0.332 e. The van der Waals surface area contributed by atoms with Crippen molar-refractivity contribution in [2.75, 3.05) is 18.1 Å². The van der Waals surface area contributed by atoms with Crippen LogP contribution in [0.25, 0.3) is 5.69 Å². The van der Waals surface area contributed by atoms with Crippen LogP contribution in [0.15, 0.2) is 46.4 Å². The highest BCUT2D eigenvalue weighted by atomic mass is 32.2. The Bertz CT molecular complexity index is 1470. The summed E-state index contributed by atoms with van der Waals surface area (Å²) in [5, 5.41) is 0. The number of nitrogens with one attached hydrogen (secondary N) is 2. The van der Waals surface area contributed by atoms with E-state index in [2.05, 4.69) is 31.5 Å². The fourth-order valence-electron chi connectivity index (χ4n) is 3.01. The Morgan fingerprint density at radius 2 is 1.85 bits per heavy atom. The molecule has 11 heteroatoms. The second-order valence-electron chi connectivity index (χ2n) is 8.22. The van der Waals surface area contributed by atoms with Crippen molar-refractivity contribution in [2.24, 2.45) is 0 Å². The van der Waals surface area contributed by atoms with Crippen molar-refractivity contribution in [3.8, 4) is 23.3 Å². The second kappa shape index (κ2) is 8.91. The summed E-state index contributed by atoms with van der Waals surface area (Å²) >= 11 is 0. The van der Waals surface area contributed by atoms with Crippen molar-refractivity contribution in [1.29, 1.82) is 0 Å². The summed E-state index contributed by atoms with van der Waals surface area (Å²) in [7, 11) is -1.93. The van der Waals surface area contributed by atoms with E-state index in [4.69, 9.17) is 4.74 Å². The largest absolute Gasteiger partial charge is 0.495 e. The third kappa shape index (κ3) is 5.87. The fraction of sp³-hybridized carbons (Fsp3) is 0.273. The van der Waals surface area contributed by atoms with Gasteiger partial charge < -0.3 is 4.74 Å². The molecular formula is C22H23N5O5S. The zero-order valence-corrected chi connectivity index (χ0v) is 19.6. The topological polar surface area (TPSA) is 136 Å². The minimum absolute atomic E-state index is 0.0788. The number of rotatable bonds is 4. The number of methoxy groups -OCH3 is 1. The van der Waals surface area contributed by atoms with Crippen LogP contribution in [0.4, 0.5) is 5.82 Å². The predicted octanol–water partition coefficient (Wildman–Crippen LogP) is 1.39. The lowest BCUT2D eigenvalue weighted by molar-refractivity contribution is 0.396. The minimum atomic E-state index is -3.47. The lowest BCUT2D eigenvalue weighted by atomic mass is 9.84. The molecule has 0 saturated heterocycles. The van der Waals surface area contributed by atoms with Gasteiger partial charge in [-0.15, -0.1) is 0 Å².